The number of carbonyl (C=O) groups is 1. The van der Waals surface area contributed by atoms with E-state index in [1.54, 1.807) is 18.5 Å². The number of fused-ring (bicyclic) bond motifs is 1. The third-order valence-electron chi connectivity index (χ3n) is 4.43. The van der Waals surface area contributed by atoms with Crippen molar-refractivity contribution < 1.29 is 9.90 Å². The molecular weight excluding hydrogens is 318 g/mol. The highest BCUT2D eigenvalue weighted by atomic mass is 16.3. The van der Waals surface area contributed by atoms with Gasteiger partial charge in [0.2, 0.25) is 5.91 Å². The van der Waals surface area contributed by atoms with E-state index in [0.717, 1.165) is 18.7 Å². The molecule has 1 amide bonds. The van der Waals surface area contributed by atoms with Gasteiger partial charge in [0.15, 0.2) is 0 Å². The summed E-state index contributed by atoms with van der Waals surface area (Å²) in [5.41, 5.74) is 2.65. The molecule has 0 radical (unpaired) electrons. The number of aromatic nitrogens is 2. The molecule has 7 nitrogen and oxygen atoms in total. The second-order valence-corrected chi connectivity index (χ2v) is 7.17. The van der Waals surface area contributed by atoms with Crippen molar-refractivity contribution in [2.45, 2.75) is 26.3 Å². The molecule has 0 saturated carbocycles. The Morgan fingerprint density at radius 2 is 2.12 bits per heavy atom. The van der Waals surface area contributed by atoms with Gasteiger partial charge in [0.05, 0.1) is 11.3 Å². The Balaban J connectivity index is 1.99. The molecule has 2 N–H and O–H groups in total. The van der Waals surface area contributed by atoms with Crippen molar-refractivity contribution in [1.29, 1.82) is 5.26 Å². The van der Waals surface area contributed by atoms with Crippen molar-refractivity contribution in [2.24, 2.45) is 5.41 Å². The van der Waals surface area contributed by atoms with Gasteiger partial charge in [0.1, 0.15) is 23.7 Å². The second kappa shape index (κ2) is 6.65. The molecule has 1 fully saturated rings. The molecule has 2 aromatic rings. The molecule has 130 valence electrons. The minimum atomic E-state index is -0.512. The highest BCUT2D eigenvalue weighted by Crippen LogP contribution is 2.34. The monoisotopic (exact) mass is 339 g/mol. The SMILES string of the molecule is CC1(C)C[C@@H](NC(=O)CO)CN(c2ccc(C#N)c3nccnc23)C1. The lowest BCUT2D eigenvalue weighted by Gasteiger charge is -2.44. The summed E-state index contributed by atoms with van der Waals surface area (Å²) in [4.78, 5) is 22.5. The summed E-state index contributed by atoms with van der Waals surface area (Å²) in [7, 11) is 0. The molecule has 0 unspecified atom stereocenters. The van der Waals surface area contributed by atoms with Gasteiger partial charge in [-0.1, -0.05) is 13.8 Å². The van der Waals surface area contributed by atoms with Crippen LogP contribution < -0.4 is 10.2 Å². The first-order valence-corrected chi connectivity index (χ1v) is 8.22. The van der Waals surface area contributed by atoms with E-state index < -0.39 is 6.61 Å². The van der Waals surface area contributed by atoms with Crippen LogP contribution >= 0.6 is 0 Å². The summed E-state index contributed by atoms with van der Waals surface area (Å²) >= 11 is 0. The van der Waals surface area contributed by atoms with Gasteiger partial charge in [-0.15, -0.1) is 0 Å². The Morgan fingerprint density at radius 3 is 2.80 bits per heavy atom. The number of hydrogen-bond acceptors (Lipinski definition) is 6. The van der Waals surface area contributed by atoms with Crippen LogP contribution in [0, 0.1) is 16.7 Å². The molecule has 1 aromatic heterocycles. The third-order valence-corrected chi connectivity index (χ3v) is 4.43. The van der Waals surface area contributed by atoms with Crippen LogP contribution in [0.5, 0.6) is 0 Å². The average molecular weight is 339 g/mol. The molecule has 1 aliphatic heterocycles. The van der Waals surface area contributed by atoms with Crippen LogP contribution in [0.2, 0.25) is 0 Å². The van der Waals surface area contributed by atoms with Crippen molar-refractivity contribution in [3.63, 3.8) is 0 Å². The van der Waals surface area contributed by atoms with Gasteiger partial charge in [-0.2, -0.15) is 5.26 Å². The van der Waals surface area contributed by atoms with Crippen molar-refractivity contribution in [2.75, 3.05) is 24.6 Å². The number of hydrogen-bond donors (Lipinski definition) is 2. The smallest absolute Gasteiger partial charge is 0.245 e. The Labute approximate surface area is 146 Å². The van der Waals surface area contributed by atoms with Gasteiger partial charge in [-0.25, -0.2) is 0 Å². The topological polar surface area (TPSA) is 102 Å². The quantitative estimate of drug-likeness (QED) is 0.871. The fraction of sp³-hybridized carbons (Fsp3) is 0.444. The normalized spacial score (nSPS) is 19.4. The third kappa shape index (κ3) is 3.54. The van der Waals surface area contributed by atoms with Crippen molar-refractivity contribution in [3.05, 3.63) is 30.1 Å². The number of rotatable bonds is 3. The number of nitriles is 1. The summed E-state index contributed by atoms with van der Waals surface area (Å²) in [5, 5.41) is 21.2. The van der Waals surface area contributed by atoms with Crippen LogP contribution in [0.3, 0.4) is 0 Å². The lowest BCUT2D eigenvalue weighted by atomic mass is 9.81. The van der Waals surface area contributed by atoms with Gasteiger partial charge in [0.25, 0.3) is 0 Å². The van der Waals surface area contributed by atoms with Gasteiger partial charge in [-0.05, 0) is 24.0 Å². The molecule has 1 aromatic carbocycles. The summed E-state index contributed by atoms with van der Waals surface area (Å²) in [6.07, 6.45) is 4.03. The molecule has 0 spiro atoms. The van der Waals surface area contributed by atoms with Gasteiger partial charge < -0.3 is 15.3 Å². The molecular formula is C18H21N5O2. The standard InChI is InChI=1S/C18H21N5O2/c1-18(2)7-13(22-15(25)10-24)9-23(11-18)14-4-3-12(8-19)16-17(14)21-6-5-20-16/h3-6,13,24H,7,9-11H2,1-2H3,(H,22,25)/t13-/m1/s1. The van der Waals surface area contributed by atoms with E-state index in [2.05, 4.69) is 40.1 Å². The van der Waals surface area contributed by atoms with E-state index >= 15 is 0 Å². The number of aliphatic hydroxyl groups excluding tert-OH is 1. The number of carbonyl (C=O) groups excluding carboxylic acids is 1. The maximum absolute atomic E-state index is 11.6. The highest BCUT2D eigenvalue weighted by molar-refractivity contribution is 5.92. The first-order chi connectivity index (χ1) is 11.9. The van der Waals surface area contributed by atoms with Crippen molar-refractivity contribution >= 4 is 22.6 Å². The summed E-state index contributed by atoms with van der Waals surface area (Å²) < 4.78 is 0. The zero-order valence-corrected chi connectivity index (χ0v) is 14.4. The van der Waals surface area contributed by atoms with E-state index in [9.17, 15) is 10.1 Å². The Hall–Kier alpha value is -2.72. The minimum absolute atomic E-state index is 0.0198. The number of nitrogens with zero attached hydrogens (tertiary/aromatic N) is 4. The summed E-state index contributed by atoms with van der Waals surface area (Å²) in [6, 6.07) is 5.74. The fourth-order valence-corrected chi connectivity index (χ4v) is 3.59. The van der Waals surface area contributed by atoms with Gasteiger partial charge in [0, 0.05) is 31.5 Å². The molecule has 1 saturated heterocycles. The molecule has 25 heavy (non-hydrogen) atoms. The maximum Gasteiger partial charge on any atom is 0.245 e. The summed E-state index contributed by atoms with van der Waals surface area (Å²) in [6.45, 7) is 5.20. The van der Waals surface area contributed by atoms with E-state index in [4.69, 9.17) is 5.11 Å². The molecule has 1 aliphatic rings. The number of amides is 1. The van der Waals surface area contributed by atoms with Crippen LogP contribution in [0.15, 0.2) is 24.5 Å². The Morgan fingerprint density at radius 1 is 1.40 bits per heavy atom. The van der Waals surface area contributed by atoms with E-state index in [1.165, 1.54) is 0 Å². The van der Waals surface area contributed by atoms with Gasteiger partial charge in [-0.3, -0.25) is 14.8 Å². The largest absolute Gasteiger partial charge is 0.387 e. The minimum Gasteiger partial charge on any atom is -0.387 e. The number of piperidine rings is 1. The number of aliphatic hydroxyl groups is 1. The van der Waals surface area contributed by atoms with Crippen LogP contribution in [0.25, 0.3) is 11.0 Å². The van der Waals surface area contributed by atoms with Crippen molar-refractivity contribution in [3.8, 4) is 6.07 Å². The first-order valence-electron chi connectivity index (χ1n) is 8.22. The lowest BCUT2D eigenvalue weighted by molar-refractivity contribution is -0.124. The number of benzene rings is 1. The Bertz CT molecular complexity index is 843. The molecule has 0 aliphatic carbocycles. The number of anilines is 1. The second-order valence-electron chi connectivity index (χ2n) is 7.17. The zero-order chi connectivity index (χ0) is 18.0. The van der Waals surface area contributed by atoms with Crippen LogP contribution in [0.1, 0.15) is 25.8 Å². The van der Waals surface area contributed by atoms with E-state index in [1.807, 2.05) is 6.07 Å². The van der Waals surface area contributed by atoms with Crippen LogP contribution in [0.4, 0.5) is 5.69 Å². The average Bonchev–Trinajstić information content (AvgIpc) is 2.59. The Kier molecular flexibility index (Phi) is 4.55. The molecule has 7 heteroatoms. The summed E-state index contributed by atoms with van der Waals surface area (Å²) in [5.74, 6) is -0.368. The van der Waals surface area contributed by atoms with E-state index in [0.29, 0.717) is 23.1 Å². The first kappa shape index (κ1) is 17.1. The molecule has 0 bridgehead atoms. The van der Waals surface area contributed by atoms with Crippen LogP contribution in [-0.4, -0.2) is 46.7 Å². The van der Waals surface area contributed by atoms with Crippen LogP contribution in [-0.2, 0) is 4.79 Å². The maximum atomic E-state index is 11.6. The highest BCUT2D eigenvalue weighted by Gasteiger charge is 2.34. The van der Waals surface area contributed by atoms with Crippen molar-refractivity contribution in [1.82, 2.24) is 15.3 Å². The molecule has 1 atom stereocenters. The molecule has 3 rings (SSSR count). The van der Waals surface area contributed by atoms with Gasteiger partial charge >= 0.3 is 0 Å². The zero-order valence-electron chi connectivity index (χ0n) is 14.4. The fourth-order valence-electron chi connectivity index (χ4n) is 3.59. The predicted molar refractivity (Wildman–Crippen MR) is 93.9 cm³/mol. The number of nitrogens with one attached hydrogen (secondary N) is 1. The lowest BCUT2D eigenvalue weighted by Crippen LogP contribution is -2.54. The van der Waals surface area contributed by atoms with E-state index in [-0.39, 0.29) is 17.4 Å². The predicted octanol–water partition coefficient (Wildman–Crippen LogP) is 1.21. The molecule has 2 heterocycles.